The van der Waals surface area contributed by atoms with E-state index in [0.29, 0.717) is 0 Å². The summed E-state index contributed by atoms with van der Waals surface area (Å²) < 4.78 is 12.5. The Bertz CT molecular complexity index is 394. The van der Waals surface area contributed by atoms with E-state index < -0.39 is 75.5 Å². The van der Waals surface area contributed by atoms with Gasteiger partial charge in [0.2, 0.25) is 0 Å². The van der Waals surface area contributed by atoms with Crippen LogP contribution in [-0.2, 0) is 43.0 Å². The Morgan fingerprint density at radius 2 is 0.483 bits per heavy atom. The smallest absolute Gasteiger partial charge is 0.329 e. The molecular formula is C12H18Eu2O15. The molecule has 0 fully saturated rings. The van der Waals surface area contributed by atoms with Crippen LogP contribution in [0.1, 0.15) is 0 Å². The molecule has 170 valence electrons. The van der Waals surface area contributed by atoms with Crippen molar-refractivity contribution in [2.75, 3.05) is 39.6 Å². The van der Waals surface area contributed by atoms with Crippen LogP contribution >= 0.6 is 0 Å². The second-order valence-electron chi connectivity index (χ2n) is 3.84. The van der Waals surface area contributed by atoms with Crippen molar-refractivity contribution < 1.29 is 172 Å². The van der Waals surface area contributed by atoms with Crippen LogP contribution in [-0.4, -0.2) is 106 Å². The number of aliphatic carboxylic acids is 6. The minimum absolute atomic E-state index is 0. The van der Waals surface area contributed by atoms with Gasteiger partial charge in [-0.1, -0.05) is 0 Å². The van der Waals surface area contributed by atoms with Crippen LogP contribution in [0.4, 0.5) is 0 Å². The largest absolute Gasteiger partial charge is 0.480 e. The van der Waals surface area contributed by atoms with Gasteiger partial charge in [-0.15, -0.1) is 0 Å². The van der Waals surface area contributed by atoms with E-state index in [-0.39, 0.29) is 98.8 Å². The van der Waals surface area contributed by atoms with Gasteiger partial charge in [-0.05, 0) is 0 Å². The monoisotopic (exact) mass is 708 g/mol. The van der Waals surface area contributed by atoms with E-state index in [4.69, 9.17) is 30.6 Å². The zero-order chi connectivity index (χ0) is 21.8. The molecule has 0 bridgehead atoms. The van der Waals surface area contributed by atoms with Gasteiger partial charge in [0.15, 0.2) is 0 Å². The first-order chi connectivity index (χ1) is 12.4. The van der Waals surface area contributed by atoms with Crippen molar-refractivity contribution in [1.29, 1.82) is 0 Å². The summed E-state index contributed by atoms with van der Waals surface area (Å²) in [5, 5.41) is 47.5. The first kappa shape index (κ1) is 39.4. The molecule has 0 aromatic carbocycles. The van der Waals surface area contributed by atoms with E-state index in [9.17, 15) is 28.8 Å². The van der Waals surface area contributed by atoms with Crippen molar-refractivity contribution in [3.8, 4) is 0 Å². The SMILES string of the molecule is O=C(O)COCC(=O)O.O=C(O)COCC(=O)O.O=C(O)COCC(=O)O.[Eu].[Eu]. The molecule has 0 atom stereocenters. The Labute approximate surface area is 244 Å². The molecule has 29 heavy (non-hydrogen) atoms. The average Bonchev–Trinajstić information content (AvgIpc) is 2.46. The van der Waals surface area contributed by atoms with E-state index in [2.05, 4.69) is 14.2 Å². The molecule has 0 saturated heterocycles. The molecular weight excluding hydrogens is 688 g/mol. The molecule has 17 heteroatoms. The summed E-state index contributed by atoms with van der Waals surface area (Å²) >= 11 is 0. The van der Waals surface area contributed by atoms with Crippen LogP contribution in [0.2, 0.25) is 0 Å². The van der Waals surface area contributed by atoms with Gasteiger partial charge in [0.05, 0.1) is 0 Å². The van der Waals surface area contributed by atoms with E-state index in [1.54, 1.807) is 0 Å². The summed E-state index contributed by atoms with van der Waals surface area (Å²) in [6.45, 7) is -3.38. The molecule has 2 radical (unpaired) electrons. The first-order valence-corrected chi connectivity index (χ1v) is 6.42. The zero-order valence-corrected chi connectivity index (χ0v) is 19.2. The van der Waals surface area contributed by atoms with Crippen molar-refractivity contribution in [3.63, 3.8) is 0 Å². The number of ether oxygens (including phenoxy) is 3. The molecule has 0 unspecified atom stereocenters. The average molecular weight is 706 g/mol. The molecule has 0 aromatic heterocycles. The Hall–Kier alpha value is -0.131. The third-order valence-corrected chi connectivity index (χ3v) is 1.35. The minimum atomic E-state index is -1.17. The van der Waals surface area contributed by atoms with Crippen LogP contribution < -0.4 is 0 Å². The standard InChI is InChI=1S/3C4H6O5.2Eu/c3*5-3(6)1-9-2-4(7)8;;/h3*1-2H2,(H,5,6)(H,7,8);;. The zero-order valence-electron chi connectivity index (χ0n) is 14.4. The summed E-state index contributed by atoms with van der Waals surface area (Å²) in [7, 11) is 0. The molecule has 0 heterocycles. The Balaban J connectivity index is -0.0000000960. The maximum absolute atomic E-state index is 9.66. The molecule has 0 saturated carbocycles. The first-order valence-electron chi connectivity index (χ1n) is 6.42. The molecule has 0 spiro atoms. The summed E-state index contributed by atoms with van der Waals surface area (Å²) in [6.07, 6.45) is 0. The van der Waals surface area contributed by atoms with Crippen molar-refractivity contribution in [2.24, 2.45) is 0 Å². The molecule has 15 nitrogen and oxygen atoms in total. The van der Waals surface area contributed by atoms with Crippen LogP contribution in [0.25, 0.3) is 0 Å². The molecule has 0 aliphatic carbocycles. The molecule has 0 aliphatic heterocycles. The van der Waals surface area contributed by atoms with E-state index in [1.807, 2.05) is 0 Å². The second-order valence-corrected chi connectivity index (χ2v) is 3.84. The molecule has 0 rings (SSSR count). The summed E-state index contributed by atoms with van der Waals surface area (Å²) in [5.74, 6) is -7.02. The summed E-state index contributed by atoms with van der Waals surface area (Å²) in [5.41, 5.74) is 0. The van der Waals surface area contributed by atoms with Gasteiger partial charge >= 0.3 is 35.8 Å². The Morgan fingerprint density at radius 3 is 0.552 bits per heavy atom. The predicted molar refractivity (Wildman–Crippen MR) is 78.3 cm³/mol. The van der Waals surface area contributed by atoms with E-state index in [1.165, 1.54) is 0 Å². The second kappa shape index (κ2) is 27.9. The van der Waals surface area contributed by atoms with Crippen molar-refractivity contribution in [2.45, 2.75) is 0 Å². The molecule has 0 aliphatic rings. The molecule has 0 aromatic rings. The topological polar surface area (TPSA) is 251 Å². The van der Waals surface area contributed by atoms with Gasteiger partial charge < -0.3 is 44.8 Å². The van der Waals surface area contributed by atoms with E-state index >= 15 is 0 Å². The Kier molecular flexibility index (Phi) is 37.8. The quantitative estimate of drug-likeness (QED) is 0.123. The van der Waals surface area contributed by atoms with Gasteiger partial charge in [0.25, 0.3) is 0 Å². The minimum Gasteiger partial charge on any atom is -0.480 e. The van der Waals surface area contributed by atoms with Crippen molar-refractivity contribution in [3.05, 3.63) is 0 Å². The van der Waals surface area contributed by atoms with E-state index in [0.717, 1.165) is 0 Å². The summed E-state index contributed by atoms with van der Waals surface area (Å²) in [4.78, 5) is 58.0. The molecule has 0 amide bonds. The number of rotatable bonds is 12. The third kappa shape index (κ3) is 58.4. The normalized spacial score (nSPS) is 8.28. The fourth-order valence-electron chi connectivity index (χ4n) is 0.677. The summed E-state index contributed by atoms with van der Waals surface area (Å²) in [6, 6.07) is 0. The van der Waals surface area contributed by atoms with Gasteiger partial charge in [-0.25, -0.2) is 28.8 Å². The Morgan fingerprint density at radius 1 is 0.379 bits per heavy atom. The van der Waals surface area contributed by atoms with Crippen LogP contribution in [0, 0.1) is 98.8 Å². The van der Waals surface area contributed by atoms with Gasteiger partial charge in [0.1, 0.15) is 39.6 Å². The fourth-order valence-corrected chi connectivity index (χ4v) is 0.677. The van der Waals surface area contributed by atoms with Crippen molar-refractivity contribution in [1.82, 2.24) is 0 Å². The van der Waals surface area contributed by atoms with Gasteiger partial charge in [-0.2, -0.15) is 0 Å². The third-order valence-electron chi connectivity index (χ3n) is 1.35. The molecule has 6 N–H and O–H groups in total. The van der Waals surface area contributed by atoms with Crippen LogP contribution in [0.5, 0.6) is 0 Å². The number of hydrogen-bond acceptors (Lipinski definition) is 9. The predicted octanol–water partition coefficient (Wildman–Crippen LogP) is -2.48. The number of carbonyl (C=O) groups is 6. The maximum Gasteiger partial charge on any atom is 0.329 e. The van der Waals surface area contributed by atoms with Gasteiger partial charge in [-0.3, -0.25) is 0 Å². The maximum atomic E-state index is 9.66. The fraction of sp³-hybridized carbons (Fsp3) is 0.500. The number of carboxylic acids is 6. The number of hydrogen-bond donors (Lipinski definition) is 6. The van der Waals surface area contributed by atoms with Gasteiger partial charge in [0, 0.05) is 98.8 Å². The number of carboxylic acid groups (broad SMARTS) is 6. The van der Waals surface area contributed by atoms with Crippen molar-refractivity contribution >= 4 is 35.8 Å². The van der Waals surface area contributed by atoms with Crippen LogP contribution in [0.3, 0.4) is 0 Å². The van der Waals surface area contributed by atoms with Crippen LogP contribution in [0.15, 0.2) is 0 Å².